The van der Waals surface area contributed by atoms with Crippen molar-refractivity contribution in [3.63, 3.8) is 0 Å². The van der Waals surface area contributed by atoms with Crippen LogP contribution in [0, 0.1) is 25.2 Å². The van der Waals surface area contributed by atoms with Gasteiger partial charge in [0.2, 0.25) is 5.95 Å². The van der Waals surface area contributed by atoms with Gasteiger partial charge in [0.1, 0.15) is 6.54 Å². The number of anilines is 2. The third-order valence-electron chi connectivity index (χ3n) is 3.37. The lowest BCUT2D eigenvalue weighted by molar-refractivity contribution is 0.864. The predicted octanol–water partition coefficient (Wildman–Crippen LogP) is 4.64. The molecule has 22 heavy (non-hydrogen) atoms. The van der Waals surface area contributed by atoms with E-state index in [1.54, 1.807) is 0 Å². The molecule has 2 aromatic rings. The zero-order chi connectivity index (χ0) is 16.3. The third kappa shape index (κ3) is 3.63. The largest absolute Gasteiger partial charge is 0.296 e. The van der Waals surface area contributed by atoms with Crippen molar-refractivity contribution in [2.75, 3.05) is 11.4 Å². The van der Waals surface area contributed by atoms with Gasteiger partial charge < -0.3 is 0 Å². The van der Waals surface area contributed by atoms with E-state index in [0.29, 0.717) is 11.9 Å². The fourth-order valence-electron chi connectivity index (χ4n) is 2.26. The van der Waals surface area contributed by atoms with E-state index in [1.807, 2.05) is 30.9 Å². The molecule has 0 amide bonds. The molecule has 114 valence electrons. The number of benzene rings is 1. The molecule has 0 aliphatic carbocycles. The summed E-state index contributed by atoms with van der Waals surface area (Å²) in [7, 11) is 0. The molecule has 0 radical (unpaired) electrons. The Labute approximate surface area is 140 Å². The summed E-state index contributed by atoms with van der Waals surface area (Å²) in [6.45, 7) is 8.37. The highest BCUT2D eigenvalue weighted by Crippen LogP contribution is 2.33. The highest BCUT2D eigenvalue weighted by atomic mass is 79.9. The topological polar surface area (TPSA) is 52.8 Å². The van der Waals surface area contributed by atoms with Crippen molar-refractivity contribution in [3.05, 3.63) is 45.7 Å². The van der Waals surface area contributed by atoms with E-state index in [0.717, 1.165) is 21.5 Å². The molecule has 0 aliphatic heterocycles. The average molecular weight is 359 g/mol. The van der Waals surface area contributed by atoms with Gasteiger partial charge in [-0.1, -0.05) is 19.9 Å². The van der Waals surface area contributed by atoms with Crippen LogP contribution in [0.2, 0.25) is 0 Å². The predicted molar refractivity (Wildman–Crippen MR) is 92.4 cm³/mol. The SMILES string of the molecule is Cc1cc(C)nc(N(CC#N)c2ccc(C(C)C)cc2Br)n1. The first-order chi connectivity index (χ1) is 10.4. The standard InChI is InChI=1S/C17H19BrN4/c1-11(2)14-5-6-16(15(18)10-14)22(8-7-19)17-20-12(3)9-13(4)21-17/h5-6,9-11H,8H2,1-4H3. The number of rotatable bonds is 4. The van der Waals surface area contributed by atoms with Crippen molar-refractivity contribution in [1.29, 1.82) is 5.26 Å². The number of hydrogen-bond donors (Lipinski definition) is 0. The number of nitriles is 1. The lowest BCUT2D eigenvalue weighted by Gasteiger charge is -2.22. The Morgan fingerprint density at radius 1 is 1.18 bits per heavy atom. The van der Waals surface area contributed by atoms with Crippen LogP contribution in [0.25, 0.3) is 0 Å². The van der Waals surface area contributed by atoms with Gasteiger partial charge in [-0.2, -0.15) is 5.26 Å². The molecule has 0 saturated heterocycles. The van der Waals surface area contributed by atoms with Gasteiger partial charge in [-0.3, -0.25) is 4.90 Å². The van der Waals surface area contributed by atoms with Crippen LogP contribution in [0.15, 0.2) is 28.7 Å². The molecule has 4 nitrogen and oxygen atoms in total. The molecule has 1 aromatic carbocycles. The van der Waals surface area contributed by atoms with Crippen LogP contribution < -0.4 is 4.90 Å². The van der Waals surface area contributed by atoms with Gasteiger partial charge in [-0.15, -0.1) is 0 Å². The lowest BCUT2D eigenvalue weighted by Crippen LogP contribution is -2.21. The molecule has 1 heterocycles. The molecule has 0 bridgehead atoms. The molecular weight excluding hydrogens is 340 g/mol. The maximum atomic E-state index is 9.17. The fraction of sp³-hybridized carbons (Fsp3) is 0.353. The Balaban J connectivity index is 2.50. The van der Waals surface area contributed by atoms with Crippen LogP contribution in [0.5, 0.6) is 0 Å². The highest BCUT2D eigenvalue weighted by Gasteiger charge is 2.16. The second kappa shape index (κ2) is 6.89. The highest BCUT2D eigenvalue weighted by molar-refractivity contribution is 9.10. The van der Waals surface area contributed by atoms with E-state index >= 15 is 0 Å². The van der Waals surface area contributed by atoms with E-state index in [1.165, 1.54) is 5.56 Å². The molecule has 0 atom stereocenters. The summed E-state index contributed by atoms with van der Waals surface area (Å²) in [5.74, 6) is 1.00. The van der Waals surface area contributed by atoms with Crippen molar-refractivity contribution in [2.24, 2.45) is 0 Å². The summed E-state index contributed by atoms with van der Waals surface area (Å²) < 4.78 is 0.941. The van der Waals surface area contributed by atoms with Gasteiger partial charge >= 0.3 is 0 Å². The summed E-state index contributed by atoms with van der Waals surface area (Å²) in [6.07, 6.45) is 0. The minimum Gasteiger partial charge on any atom is -0.296 e. The van der Waals surface area contributed by atoms with Crippen LogP contribution in [0.4, 0.5) is 11.6 Å². The molecule has 0 aliphatic rings. The van der Waals surface area contributed by atoms with Gasteiger partial charge in [0, 0.05) is 15.9 Å². The summed E-state index contributed by atoms with van der Waals surface area (Å²) >= 11 is 3.61. The molecule has 0 unspecified atom stereocenters. The normalized spacial score (nSPS) is 10.6. The first-order valence-electron chi connectivity index (χ1n) is 7.18. The van der Waals surface area contributed by atoms with Crippen LogP contribution in [-0.4, -0.2) is 16.5 Å². The molecule has 0 fully saturated rings. The Morgan fingerprint density at radius 2 is 1.82 bits per heavy atom. The Morgan fingerprint density at radius 3 is 2.32 bits per heavy atom. The van der Waals surface area contributed by atoms with Crippen molar-refractivity contribution >= 4 is 27.6 Å². The van der Waals surface area contributed by atoms with Crippen molar-refractivity contribution in [2.45, 2.75) is 33.6 Å². The summed E-state index contributed by atoms with van der Waals surface area (Å²) in [5.41, 5.74) is 3.92. The third-order valence-corrected chi connectivity index (χ3v) is 4.01. The van der Waals surface area contributed by atoms with E-state index in [9.17, 15) is 0 Å². The number of nitrogens with zero attached hydrogens (tertiary/aromatic N) is 4. The summed E-state index contributed by atoms with van der Waals surface area (Å²) in [5, 5.41) is 9.17. The minimum absolute atomic E-state index is 0.197. The molecule has 5 heteroatoms. The van der Waals surface area contributed by atoms with Gasteiger partial charge in [0.05, 0.1) is 11.8 Å². The quantitative estimate of drug-likeness (QED) is 0.746. The van der Waals surface area contributed by atoms with Crippen molar-refractivity contribution in [1.82, 2.24) is 9.97 Å². The lowest BCUT2D eigenvalue weighted by atomic mass is 10.0. The molecular formula is C17H19BrN4. The fourth-order valence-corrected chi connectivity index (χ4v) is 2.87. The summed E-state index contributed by atoms with van der Waals surface area (Å²) in [6, 6.07) is 10.3. The zero-order valence-electron chi connectivity index (χ0n) is 13.3. The van der Waals surface area contributed by atoms with Gasteiger partial charge in [-0.05, 0) is 59.5 Å². The summed E-state index contributed by atoms with van der Waals surface area (Å²) in [4.78, 5) is 10.8. The Hall–Kier alpha value is -1.93. The second-order valence-electron chi connectivity index (χ2n) is 5.56. The van der Waals surface area contributed by atoms with Gasteiger partial charge in [0.25, 0.3) is 0 Å². The van der Waals surface area contributed by atoms with Gasteiger partial charge in [-0.25, -0.2) is 9.97 Å². The van der Waals surface area contributed by atoms with E-state index in [2.05, 4.69) is 57.9 Å². The van der Waals surface area contributed by atoms with Crippen LogP contribution >= 0.6 is 15.9 Å². The Bertz CT molecular complexity index is 699. The first kappa shape index (κ1) is 16.4. The van der Waals surface area contributed by atoms with Gasteiger partial charge in [0.15, 0.2) is 0 Å². The minimum atomic E-state index is 0.197. The average Bonchev–Trinajstić information content (AvgIpc) is 2.44. The second-order valence-corrected chi connectivity index (χ2v) is 6.41. The smallest absolute Gasteiger partial charge is 0.231 e. The van der Waals surface area contributed by atoms with E-state index < -0.39 is 0 Å². The number of halogens is 1. The molecule has 0 N–H and O–H groups in total. The first-order valence-corrected chi connectivity index (χ1v) is 7.98. The number of hydrogen-bond acceptors (Lipinski definition) is 4. The zero-order valence-corrected chi connectivity index (χ0v) is 14.8. The molecule has 2 rings (SSSR count). The van der Waals surface area contributed by atoms with Crippen LogP contribution in [0.3, 0.4) is 0 Å². The number of aryl methyl sites for hydroxylation is 2. The van der Waals surface area contributed by atoms with Crippen molar-refractivity contribution in [3.8, 4) is 6.07 Å². The van der Waals surface area contributed by atoms with Crippen molar-refractivity contribution < 1.29 is 0 Å². The maximum absolute atomic E-state index is 9.17. The van der Waals surface area contributed by atoms with E-state index in [-0.39, 0.29) is 6.54 Å². The van der Waals surface area contributed by atoms with Crippen LogP contribution in [-0.2, 0) is 0 Å². The maximum Gasteiger partial charge on any atom is 0.231 e. The van der Waals surface area contributed by atoms with E-state index in [4.69, 9.17) is 5.26 Å². The monoisotopic (exact) mass is 358 g/mol. The molecule has 0 saturated carbocycles. The Kier molecular flexibility index (Phi) is 5.15. The molecule has 0 spiro atoms. The molecule has 1 aromatic heterocycles. The number of aromatic nitrogens is 2. The van der Waals surface area contributed by atoms with Crippen LogP contribution in [0.1, 0.15) is 36.7 Å².